The van der Waals surface area contributed by atoms with E-state index in [9.17, 15) is 9.18 Å². The van der Waals surface area contributed by atoms with Crippen molar-refractivity contribution < 1.29 is 13.9 Å². The number of carbonyl (C=O) groups excluding carboxylic acids is 1. The van der Waals surface area contributed by atoms with Gasteiger partial charge >= 0.3 is 6.09 Å². The number of aromatic nitrogens is 1. The minimum absolute atomic E-state index is 0.205. The average Bonchev–Trinajstić information content (AvgIpc) is 2.74. The highest BCUT2D eigenvalue weighted by Gasteiger charge is 2.23. The molecule has 0 aliphatic heterocycles. The molecule has 3 nitrogen and oxygen atoms in total. The molecule has 2 rings (SSSR count). The van der Waals surface area contributed by atoms with Gasteiger partial charge in [0, 0.05) is 21.3 Å². The Morgan fingerprint density at radius 1 is 1.27 bits per heavy atom. The summed E-state index contributed by atoms with van der Waals surface area (Å²) in [6.07, 6.45) is 0.932. The molecule has 2 aromatic rings. The topological polar surface area (TPSA) is 31.2 Å². The van der Waals surface area contributed by atoms with Crippen LogP contribution in [0.1, 0.15) is 20.8 Å². The molecular weight excluding hydrogens is 440 g/mol. The van der Waals surface area contributed by atoms with Crippen LogP contribution in [0.2, 0.25) is 5.02 Å². The van der Waals surface area contributed by atoms with Crippen LogP contribution in [-0.2, 0) is 4.74 Å². The van der Waals surface area contributed by atoms with Crippen molar-refractivity contribution in [3.63, 3.8) is 0 Å². The molecule has 0 bridgehead atoms. The van der Waals surface area contributed by atoms with E-state index in [1.54, 1.807) is 26.8 Å². The summed E-state index contributed by atoms with van der Waals surface area (Å²) in [5.74, 6) is -0.500. The van der Waals surface area contributed by atoms with Crippen LogP contribution in [0.3, 0.4) is 0 Å². The third kappa shape index (κ3) is 3.91. The van der Waals surface area contributed by atoms with Crippen molar-refractivity contribution in [1.29, 1.82) is 0 Å². The molecule has 7 heteroatoms. The number of nitrogens with zero attached hydrogens (tertiary/aromatic N) is 1. The van der Waals surface area contributed by atoms with Gasteiger partial charge in [-0.25, -0.2) is 9.18 Å². The molecule has 0 amide bonds. The Bertz CT molecular complexity index is 738. The first kappa shape index (κ1) is 17.5. The molecule has 1 aromatic carbocycles. The van der Waals surface area contributed by atoms with Crippen molar-refractivity contribution in [2.45, 2.75) is 26.4 Å². The zero-order valence-electron chi connectivity index (χ0n) is 12.1. The molecule has 0 spiro atoms. The van der Waals surface area contributed by atoms with E-state index < -0.39 is 17.5 Å². The van der Waals surface area contributed by atoms with Gasteiger partial charge in [0.25, 0.3) is 0 Å². The van der Waals surface area contributed by atoms with Crippen molar-refractivity contribution in [2.75, 3.05) is 0 Å². The highest BCUT2D eigenvalue weighted by Crippen LogP contribution is 2.34. The zero-order chi connectivity index (χ0) is 16.7. The fourth-order valence-corrected chi connectivity index (χ4v) is 3.07. The maximum absolute atomic E-state index is 14.4. The monoisotopic (exact) mass is 451 g/mol. The lowest BCUT2D eigenvalue weighted by atomic mass is 10.1. The first-order chi connectivity index (χ1) is 10.1. The van der Waals surface area contributed by atoms with E-state index in [0.29, 0.717) is 15.2 Å². The first-order valence-electron chi connectivity index (χ1n) is 6.34. The summed E-state index contributed by atoms with van der Waals surface area (Å²) in [6.45, 7) is 5.29. The number of ether oxygens (including phenoxy) is 1. The van der Waals surface area contributed by atoms with Crippen LogP contribution in [0.5, 0.6) is 0 Å². The van der Waals surface area contributed by atoms with Gasteiger partial charge in [0.2, 0.25) is 0 Å². The molecule has 0 saturated heterocycles. The Balaban J connectivity index is 2.56. The fraction of sp³-hybridized carbons (Fsp3) is 0.267. The van der Waals surface area contributed by atoms with E-state index >= 15 is 0 Å². The SMILES string of the molecule is CC(C)(C)OC(=O)n1cc(Br)cc1-c1cc(Cl)cc(Br)c1F. The number of hydrogen-bond donors (Lipinski definition) is 0. The molecule has 0 aliphatic carbocycles. The fourth-order valence-electron chi connectivity index (χ4n) is 1.84. The number of carbonyl (C=O) groups is 1. The van der Waals surface area contributed by atoms with Crippen molar-refractivity contribution >= 4 is 49.6 Å². The van der Waals surface area contributed by atoms with Gasteiger partial charge in [-0.1, -0.05) is 11.6 Å². The number of halogens is 4. The smallest absolute Gasteiger partial charge is 0.419 e. The van der Waals surface area contributed by atoms with Crippen LogP contribution in [0, 0.1) is 5.82 Å². The summed E-state index contributed by atoms with van der Waals surface area (Å²) in [7, 11) is 0. The second-order valence-electron chi connectivity index (χ2n) is 5.64. The van der Waals surface area contributed by atoms with E-state index in [-0.39, 0.29) is 10.0 Å². The van der Waals surface area contributed by atoms with Gasteiger partial charge in [-0.3, -0.25) is 4.57 Å². The molecule has 0 aliphatic rings. The van der Waals surface area contributed by atoms with E-state index in [1.807, 2.05) is 0 Å². The minimum atomic E-state index is -0.654. The van der Waals surface area contributed by atoms with Gasteiger partial charge in [-0.15, -0.1) is 0 Å². The standard InChI is InChI=1S/C15H13Br2ClFNO2/c1-15(2,3)22-14(21)20-7-8(16)4-12(20)10-5-9(18)6-11(17)13(10)19/h4-7H,1-3H3. The van der Waals surface area contributed by atoms with Crippen LogP contribution in [-0.4, -0.2) is 16.3 Å². The summed E-state index contributed by atoms with van der Waals surface area (Å²) in [5, 5.41) is 0.358. The van der Waals surface area contributed by atoms with Gasteiger partial charge in [0.05, 0.1) is 10.2 Å². The van der Waals surface area contributed by atoms with Crippen LogP contribution < -0.4 is 0 Å². The summed E-state index contributed by atoms with van der Waals surface area (Å²) in [5.41, 5.74) is -0.101. The van der Waals surface area contributed by atoms with Gasteiger partial charge in [0.15, 0.2) is 0 Å². The molecule has 0 saturated carbocycles. The Hall–Kier alpha value is -0.850. The van der Waals surface area contributed by atoms with E-state index in [0.717, 1.165) is 0 Å². The molecule has 0 atom stereocenters. The molecule has 1 heterocycles. The molecule has 0 radical (unpaired) electrons. The van der Waals surface area contributed by atoms with Crippen LogP contribution in [0.15, 0.2) is 33.3 Å². The Morgan fingerprint density at radius 2 is 1.91 bits per heavy atom. The van der Waals surface area contributed by atoms with Gasteiger partial charge in [0.1, 0.15) is 11.4 Å². The normalized spacial score (nSPS) is 11.6. The largest absolute Gasteiger partial charge is 0.443 e. The Morgan fingerprint density at radius 3 is 2.50 bits per heavy atom. The molecule has 0 unspecified atom stereocenters. The lowest BCUT2D eigenvalue weighted by Crippen LogP contribution is -2.27. The number of hydrogen-bond acceptors (Lipinski definition) is 2. The Labute approximate surface area is 149 Å². The maximum Gasteiger partial charge on any atom is 0.419 e. The maximum atomic E-state index is 14.4. The highest BCUT2D eigenvalue weighted by atomic mass is 79.9. The van der Waals surface area contributed by atoms with Gasteiger partial charge in [-0.2, -0.15) is 0 Å². The molecular formula is C15H13Br2ClFNO2. The van der Waals surface area contributed by atoms with Crippen molar-refractivity contribution in [2.24, 2.45) is 0 Å². The third-order valence-electron chi connectivity index (χ3n) is 2.65. The molecule has 118 valence electrons. The van der Waals surface area contributed by atoms with E-state index in [2.05, 4.69) is 31.9 Å². The highest BCUT2D eigenvalue weighted by molar-refractivity contribution is 9.10. The summed E-state index contributed by atoms with van der Waals surface area (Å²) < 4.78 is 21.8. The van der Waals surface area contributed by atoms with Crippen LogP contribution in [0.25, 0.3) is 11.3 Å². The predicted octanol–water partition coefficient (Wildman–Crippen LogP) is 6.26. The second-order valence-corrected chi connectivity index (χ2v) is 7.85. The van der Waals surface area contributed by atoms with Crippen LogP contribution >= 0.6 is 43.5 Å². The molecule has 0 fully saturated rings. The molecule has 1 aromatic heterocycles. The minimum Gasteiger partial charge on any atom is -0.443 e. The van der Waals surface area contributed by atoms with E-state index in [4.69, 9.17) is 16.3 Å². The van der Waals surface area contributed by atoms with Crippen molar-refractivity contribution in [1.82, 2.24) is 4.57 Å². The van der Waals surface area contributed by atoms with Crippen molar-refractivity contribution in [3.05, 3.63) is 44.2 Å². The first-order valence-corrected chi connectivity index (χ1v) is 8.31. The lowest BCUT2D eigenvalue weighted by Gasteiger charge is -2.20. The summed E-state index contributed by atoms with van der Waals surface area (Å²) in [4.78, 5) is 12.3. The quantitative estimate of drug-likeness (QED) is 0.478. The predicted molar refractivity (Wildman–Crippen MR) is 91.9 cm³/mol. The summed E-state index contributed by atoms with van der Waals surface area (Å²) >= 11 is 12.4. The second kappa shape index (κ2) is 6.34. The zero-order valence-corrected chi connectivity index (χ0v) is 16.0. The van der Waals surface area contributed by atoms with Crippen molar-refractivity contribution in [3.8, 4) is 11.3 Å². The molecule has 22 heavy (non-hydrogen) atoms. The van der Waals surface area contributed by atoms with Gasteiger partial charge < -0.3 is 4.74 Å². The molecule has 0 N–H and O–H groups in total. The lowest BCUT2D eigenvalue weighted by molar-refractivity contribution is 0.0540. The van der Waals surface area contributed by atoms with Gasteiger partial charge in [-0.05, 0) is 70.8 Å². The average molecular weight is 454 g/mol. The third-order valence-corrected chi connectivity index (χ3v) is 3.87. The van der Waals surface area contributed by atoms with Crippen LogP contribution in [0.4, 0.5) is 9.18 Å². The number of rotatable bonds is 1. The van der Waals surface area contributed by atoms with E-state index in [1.165, 1.54) is 22.9 Å². The summed E-state index contributed by atoms with van der Waals surface area (Å²) in [6, 6.07) is 4.55. The Kier molecular flexibility index (Phi) is 5.04. The number of benzene rings is 1.